The molecule has 114 valence electrons. The SMILES string of the molecule is CCCNCc1ccc(F)c(CN(C)Cc2cccs2)c1. The quantitative estimate of drug-likeness (QED) is 0.741. The van der Waals surface area contributed by atoms with Crippen LogP contribution >= 0.6 is 11.3 Å². The Kier molecular flexibility index (Phi) is 6.36. The number of benzene rings is 1. The number of halogens is 1. The second kappa shape index (κ2) is 8.27. The molecule has 0 saturated heterocycles. The van der Waals surface area contributed by atoms with Gasteiger partial charge in [0.15, 0.2) is 0 Å². The number of rotatable bonds is 8. The van der Waals surface area contributed by atoms with Crippen molar-refractivity contribution in [1.29, 1.82) is 0 Å². The van der Waals surface area contributed by atoms with Crippen LogP contribution in [0.25, 0.3) is 0 Å². The van der Waals surface area contributed by atoms with Gasteiger partial charge in [-0.3, -0.25) is 4.90 Å². The Morgan fingerprint density at radius 3 is 2.81 bits per heavy atom. The highest BCUT2D eigenvalue weighted by molar-refractivity contribution is 7.09. The molecule has 0 fully saturated rings. The van der Waals surface area contributed by atoms with Crippen LogP contribution in [0.5, 0.6) is 0 Å². The molecule has 1 aromatic heterocycles. The van der Waals surface area contributed by atoms with Gasteiger partial charge in [-0.05, 0) is 43.1 Å². The van der Waals surface area contributed by atoms with Crippen molar-refractivity contribution in [3.63, 3.8) is 0 Å². The lowest BCUT2D eigenvalue weighted by molar-refractivity contribution is 0.316. The van der Waals surface area contributed by atoms with Crippen LogP contribution < -0.4 is 5.32 Å². The minimum absolute atomic E-state index is 0.118. The van der Waals surface area contributed by atoms with Crippen molar-refractivity contribution in [1.82, 2.24) is 10.2 Å². The predicted molar refractivity (Wildman–Crippen MR) is 87.9 cm³/mol. The molecule has 21 heavy (non-hydrogen) atoms. The Labute approximate surface area is 130 Å². The third-order valence-corrected chi connectivity index (χ3v) is 4.17. The van der Waals surface area contributed by atoms with Crippen LogP contribution in [-0.2, 0) is 19.6 Å². The van der Waals surface area contributed by atoms with E-state index in [1.807, 2.05) is 19.2 Å². The van der Waals surface area contributed by atoms with Crippen LogP contribution in [0, 0.1) is 5.82 Å². The van der Waals surface area contributed by atoms with E-state index in [1.54, 1.807) is 17.4 Å². The summed E-state index contributed by atoms with van der Waals surface area (Å²) in [4.78, 5) is 3.45. The van der Waals surface area contributed by atoms with Gasteiger partial charge in [-0.1, -0.05) is 25.1 Å². The standard InChI is InChI=1S/C17H23FN2S/c1-3-8-19-11-14-6-7-17(18)15(10-14)12-20(2)13-16-5-4-9-21-16/h4-7,9-10,19H,3,8,11-13H2,1-2H3. The lowest BCUT2D eigenvalue weighted by Crippen LogP contribution is -2.18. The summed E-state index contributed by atoms with van der Waals surface area (Å²) in [7, 11) is 2.03. The topological polar surface area (TPSA) is 15.3 Å². The van der Waals surface area contributed by atoms with E-state index < -0.39 is 0 Å². The first-order chi connectivity index (χ1) is 10.2. The number of hydrogen-bond acceptors (Lipinski definition) is 3. The van der Waals surface area contributed by atoms with Crippen molar-refractivity contribution >= 4 is 11.3 Å². The zero-order chi connectivity index (χ0) is 15.1. The number of thiophene rings is 1. The summed E-state index contributed by atoms with van der Waals surface area (Å²) in [5, 5.41) is 5.43. The molecule has 0 bridgehead atoms. The van der Waals surface area contributed by atoms with Crippen LogP contribution in [0.2, 0.25) is 0 Å². The van der Waals surface area contributed by atoms with Gasteiger partial charge >= 0.3 is 0 Å². The van der Waals surface area contributed by atoms with Crippen molar-refractivity contribution < 1.29 is 4.39 Å². The fourth-order valence-electron chi connectivity index (χ4n) is 2.28. The highest BCUT2D eigenvalue weighted by atomic mass is 32.1. The van der Waals surface area contributed by atoms with Gasteiger partial charge in [-0.2, -0.15) is 0 Å². The molecular formula is C17H23FN2S. The molecule has 0 amide bonds. The molecule has 0 saturated carbocycles. The molecule has 4 heteroatoms. The van der Waals surface area contributed by atoms with E-state index >= 15 is 0 Å². The van der Waals surface area contributed by atoms with Crippen LogP contribution in [-0.4, -0.2) is 18.5 Å². The van der Waals surface area contributed by atoms with Crippen LogP contribution in [0.1, 0.15) is 29.3 Å². The average Bonchev–Trinajstić information content (AvgIpc) is 2.95. The predicted octanol–water partition coefficient (Wildman–Crippen LogP) is 4.02. The summed E-state index contributed by atoms with van der Waals surface area (Å²) in [5.41, 5.74) is 1.91. The number of nitrogens with zero attached hydrogens (tertiary/aromatic N) is 1. The molecule has 0 radical (unpaired) electrons. The zero-order valence-corrected chi connectivity index (χ0v) is 13.5. The second-order valence-electron chi connectivity index (χ2n) is 5.35. The largest absolute Gasteiger partial charge is 0.313 e. The van der Waals surface area contributed by atoms with E-state index in [9.17, 15) is 4.39 Å². The average molecular weight is 306 g/mol. The summed E-state index contributed by atoms with van der Waals surface area (Å²) in [5.74, 6) is -0.118. The molecule has 2 rings (SSSR count). The smallest absolute Gasteiger partial charge is 0.127 e. The monoisotopic (exact) mass is 306 g/mol. The van der Waals surface area contributed by atoms with Gasteiger partial charge in [-0.15, -0.1) is 11.3 Å². The lowest BCUT2D eigenvalue weighted by atomic mass is 10.1. The van der Waals surface area contributed by atoms with E-state index in [1.165, 1.54) is 4.88 Å². The Morgan fingerprint density at radius 1 is 1.24 bits per heavy atom. The van der Waals surface area contributed by atoms with Crippen LogP contribution in [0.15, 0.2) is 35.7 Å². The Morgan fingerprint density at radius 2 is 2.10 bits per heavy atom. The molecule has 0 unspecified atom stereocenters. The third kappa shape index (κ3) is 5.23. The molecule has 2 nitrogen and oxygen atoms in total. The maximum absolute atomic E-state index is 14.0. The molecular weight excluding hydrogens is 283 g/mol. The van der Waals surface area contributed by atoms with Crippen molar-refractivity contribution in [2.45, 2.75) is 33.0 Å². The number of nitrogens with one attached hydrogen (secondary N) is 1. The van der Waals surface area contributed by atoms with Gasteiger partial charge < -0.3 is 5.32 Å². The van der Waals surface area contributed by atoms with Gasteiger partial charge in [-0.25, -0.2) is 4.39 Å². The fourth-order valence-corrected chi connectivity index (χ4v) is 3.07. The molecule has 1 heterocycles. The first-order valence-electron chi connectivity index (χ1n) is 7.38. The molecule has 0 atom stereocenters. The van der Waals surface area contributed by atoms with Gasteiger partial charge in [0.2, 0.25) is 0 Å². The molecule has 2 aromatic rings. The van der Waals surface area contributed by atoms with Crippen LogP contribution in [0.4, 0.5) is 4.39 Å². The minimum atomic E-state index is -0.118. The van der Waals surface area contributed by atoms with E-state index in [0.29, 0.717) is 6.54 Å². The Hall–Kier alpha value is -1.23. The summed E-state index contributed by atoms with van der Waals surface area (Å²) < 4.78 is 14.0. The first-order valence-corrected chi connectivity index (χ1v) is 8.26. The van der Waals surface area contributed by atoms with E-state index in [4.69, 9.17) is 0 Å². The molecule has 0 spiro atoms. The van der Waals surface area contributed by atoms with Crippen molar-refractivity contribution in [2.75, 3.05) is 13.6 Å². The summed E-state index contributed by atoms with van der Waals surface area (Å²) in [6.45, 7) is 5.42. The Bertz CT molecular complexity index is 540. The summed E-state index contributed by atoms with van der Waals surface area (Å²) >= 11 is 1.74. The third-order valence-electron chi connectivity index (χ3n) is 3.31. The maximum atomic E-state index is 14.0. The van der Waals surface area contributed by atoms with Crippen molar-refractivity contribution in [3.8, 4) is 0 Å². The second-order valence-corrected chi connectivity index (χ2v) is 6.39. The summed E-state index contributed by atoms with van der Waals surface area (Å²) in [6.07, 6.45) is 1.11. The van der Waals surface area contributed by atoms with Gasteiger partial charge in [0, 0.05) is 30.1 Å². The van der Waals surface area contributed by atoms with E-state index in [-0.39, 0.29) is 5.82 Å². The van der Waals surface area contributed by atoms with E-state index in [2.05, 4.69) is 34.7 Å². The minimum Gasteiger partial charge on any atom is -0.313 e. The summed E-state index contributed by atoms with van der Waals surface area (Å²) in [6, 6.07) is 9.58. The highest BCUT2D eigenvalue weighted by Gasteiger charge is 2.08. The molecule has 0 aliphatic rings. The molecule has 1 aromatic carbocycles. The fraction of sp³-hybridized carbons (Fsp3) is 0.412. The zero-order valence-electron chi connectivity index (χ0n) is 12.7. The number of hydrogen-bond donors (Lipinski definition) is 1. The molecule has 0 aliphatic heterocycles. The maximum Gasteiger partial charge on any atom is 0.127 e. The van der Waals surface area contributed by atoms with Gasteiger partial charge in [0.25, 0.3) is 0 Å². The van der Waals surface area contributed by atoms with Crippen molar-refractivity contribution in [2.24, 2.45) is 0 Å². The van der Waals surface area contributed by atoms with Gasteiger partial charge in [0.05, 0.1) is 0 Å². The first kappa shape index (κ1) is 16.1. The van der Waals surface area contributed by atoms with E-state index in [0.717, 1.165) is 37.2 Å². The molecule has 0 aliphatic carbocycles. The van der Waals surface area contributed by atoms with Crippen molar-refractivity contribution in [3.05, 3.63) is 57.5 Å². The normalized spacial score (nSPS) is 11.2. The lowest BCUT2D eigenvalue weighted by Gasteiger charge is -2.17. The Balaban J connectivity index is 1.96. The van der Waals surface area contributed by atoms with Gasteiger partial charge in [0.1, 0.15) is 5.82 Å². The highest BCUT2D eigenvalue weighted by Crippen LogP contribution is 2.16. The molecule has 1 N–H and O–H groups in total. The van der Waals surface area contributed by atoms with Crippen LogP contribution in [0.3, 0.4) is 0 Å².